The van der Waals surface area contributed by atoms with Gasteiger partial charge in [0.15, 0.2) is 0 Å². The number of likely N-dealkylation sites (N-methyl/N-ethyl adjacent to an activating group) is 1. The van der Waals surface area contributed by atoms with Crippen LogP contribution in [0, 0.1) is 12.8 Å². The van der Waals surface area contributed by atoms with E-state index in [9.17, 15) is 14.7 Å². The number of anilines is 1. The van der Waals surface area contributed by atoms with Crippen LogP contribution >= 0.6 is 11.6 Å². The number of carbonyl (C=O) groups is 2. The molecule has 1 aromatic carbocycles. The molecule has 0 aromatic heterocycles. The zero-order chi connectivity index (χ0) is 16.3. The van der Waals surface area contributed by atoms with Gasteiger partial charge in [0, 0.05) is 30.2 Å². The average molecular weight is 325 g/mol. The van der Waals surface area contributed by atoms with Crippen LogP contribution in [0.1, 0.15) is 24.8 Å². The van der Waals surface area contributed by atoms with Crippen LogP contribution in [0.2, 0.25) is 5.02 Å². The number of aryl methyl sites for hydroxylation is 1. The lowest BCUT2D eigenvalue weighted by Gasteiger charge is -2.22. The third-order valence-corrected chi connectivity index (χ3v) is 4.34. The van der Waals surface area contributed by atoms with Crippen molar-refractivity contribution in [3.8, 4) is 0 Å². The zero-order valence-corrected chi connectivity index (χ0v) is 13.6. The van der Waals surface area contributed by atoms with E-state index in [1.165, 1.54) is 4.90 Å². The number of carbonyl (C=O) groups excluding carboxylic acids is 2. The smallest absolute Gasteiger partial charge is 0.313 e. The van der Waals surface area contributed by atoms with Gasteiger partial charge in [0.25, 0.3) is 0 Å². The largest absolute Gasteiger partial charge is 0.393 e. The highest BCUT2D eigenvalue weighted by molar-refractivity contribution is 6.39. The van der Waals surface area contributed by atoms with Crippen molar-refractivity contribution in [3.05, 3.63) is 28.8 Å². The summed E-state index contributed by atoms with van der Waals surface area (Å²) < 4.78 is 0. The summed E-state index contributed by atoms with van der Waals surface area (Å²) in [6.07, 6.45) is 2.24. The third-order valence-electron chi connectivity index (χ3n) is 4.10. The Bertz CT molecular complexity index is 577. The van der Waals surface area contributed by atoms with Crippen molar-refractivity contribution in [3.63, 3.8) is 0 Å². The van der Waals surface area contributed by atoms with Crippen molar-refractivity contribution in [2.45, 2.75) is 32.3 Å². The molecule has 6 heteroatoms. The summed E-state index contributed by atoms with van der Waals surface area (Å²) >= 11 is 5.86. The Morgan fingerprint density at radius 2 is 2.14 bits per heavy atom. The van der Waals surface area contributed by atoms with E-state index in [1.807, 2.05) is 6.92 Å². The quantitative estimate of drug-likeness (QED) is 0.837. The number of aliphatic hydroxyl groups is 1. The van der Waals surface area contributed by atoms with E-state index in [0.29, 0.717) is 17.3 Å². The van der Waals surface area contributed by atoms with Gasteiger partial charge in [0.05, 0.1) is 6.10 Å². The summed E-state index contributed by atoms with van der Waals surface area (Å²) in [5.41, 5.74) is 1.36. The molecule has 2 N–H and O–H groups in total. The molecule has 1 aromatic rings. The Labute approximate surface area is 135 Å². The molecule has 2 unspecified atom stereocenters. The Morgan fingerprint density at radius 3 is 2.73 bits per heavy atom. The first-order valence-corrected chi connectivity index (χ1v) is 7.77. The summed E-state index contributed by atoms with van der Waals surface area (Å²) in [6.45, 7) is 2.21. The van der Waals surface area contributed by atoms with E-state index in [-0.39, 0.29) is 12.0 Å². The van der Waals surface area contributed by atoms with E-state index >= 15 is 0 Å². The maximum absolute atomic E-state index is 12.1. The second-order valence-electron chi connectivity index (χ2n) is 5.86. The third kappa shape index (κ3) is 3.99. The first kappa shape index (κ1) is 16.8. The molecular formula is C16H21ClN2O3. The summed E-state index contributed by atoms with van der Waals surface area (Å²) in [5.74, 6) is -1.23. The lowest BCUT2D eigenvalue weighted by atomic mass is 10.1. The van der Waals surface area contributed by atoms with Crippen LogP contribution in [0.3, 0.4) is 0 Å². The highest BCUT2D eigenvalue weighted by Crippen LogP contribution is 2.26. The van der Waals surface area contributed by atoms with Gasteiger partial charge >= 0.3 is 11.8 Å². The molecule has 2 rings (SSSR count). The first-order chi connectivity index (χ1) is 10.4. The van der Waals surface area contributed by atoms with Gasteiger partial charge < -0.3 is 15.3 Å². The molecule has 0 bridgehead atoms. The van der Waals surface area contributed by atoms with Gasteiger partial charge in [-0.15, -0.1) is 0 Å². The fraction of sp³-hybridized carbons (Fsp3) is 0.500. The maximum atomic E-state index is 12.1. The molecule has 1 aliphatic rings. The van der Waals surface area contributed by atoms with Gasteiger partial charge in [-0.1, -0.05) is 18.0 Å². The van der Waals surface area contributed by atoms with Crippen molar-refractivity contribution in [1.29, 1.82) is 0 Å². The number of hydrogen-bond donors (Lipinski definition) is 2. The van der Waals surface area contributed by atoms with Crippen LogP contribution in [0.4, 0.5) is 5.69 Å². The van der Waals surface area contributed by atoms with Gasteiger partial charge in [-0.25, -0.2) is 0 Å². The predicted molar refractivity (Wildman–Crippen MR) is 85.8 cm³/mol. The van der Waals surface area contributed by atoms with E-state index in [0.717, 1.165) is 24.8 Å². The molecule has 22 heavy (non-hydrogen) atoms. The molecule has 0 aliphatic heterocycles. The molecule has 1 fully saturated rings. The number of rotatable bonds is 3. The number of nitrogens with zero attached hydrogens (tertiary/aromatic N) is 1. The van der Waals surface area contributed by atoms with Crippen LogP contribution in [-0.2, 0) is 9.59 Å². The van der Waals surface area contributed by atoms with Crippen molar-refractivity contribution >= 4 is 29.1 Å². The van der Waals surface area contributed by atoms with E-state index in [1.54, 1.807) is 25.2 Å². The fourth-order valence-electron chi connectivity index (χ4n) is 2.78. The number of amides is 2. The second-order valence-corrected chi connectivity index (χ2v) is 6.29. The summed E-state index contributed by atoms with van der Waals surface area (Å²) in [4.78, 5) is 25.5. The molecule has 1 aliphatic carbocycles. The molecule has 0 spiro atoms. The second kappa shape index (κ2) is 7.11. The van der Waals surface area contributed by atoms with E-state index in [4.69, 9.17) is 11.6 Å². The first-order valence-electron chi connectivity index (χ1n) is 7.39. The minimum atomic E-state index is -0.680. The minimum absolute atomic E-state index is 0.0546. The normalized spacial score (nSPS) is 20.7. The van der Waals surface area contributed by atoms with Gasteiger partial charge in [-0.2, -0.15) is 0 Å². The van der Waals surface area contributed by atoms with Crippen LogP contribution < -0.4 is 5.32 Å². The monoisotopic (exact) mass is 324 g/mol. The maximum Gasteiger partial charge on any atom is 0.313 e. The number of aliphatic hydroxyl groups excluding tert-OH is 1. The molecule has 0 saturated heterocycles. The van der Waals surface area contributed by atoms with Crippen LogP contribution in [0.15, 0.2) is 18.2 Å². The highest BCUT2D eigenvalue weighted by atomic mass is 35.5. The summed E-state index contributed by atoms with van der Waals surface area (Å²) in [7, 11) is 1.58. The molecular weight excluding hydrogens is 304 g/mol. The lowest BCUT2D eigenvalue weighted by Crippen LogP contribution is -2.41. The summed E-state index contributed by atoms with van der Waals surface area (Å²) in [6, 6.07) is 5.05. The molecule has 5 nitrogen and oxygen atoms in total. The number of hydrogen-bond acceptors (Lipinski definition) is 3. The number of halogens is 1. The Balaban J connectivity index is 1.95. The number of benzene rings is 1. The molecule has 0 heterocycles. The van der Waals surface area contributed by atoms with Crippen LogP contribution in [0.5, 0.6) is 0 Å². The Hall–Kier alpha value is -1.59. The van der Waals surface area contributed by atoms with Crippen molar-refractivity contribution in [1.82, 2.24) is 4.90 Å². The number of nitrogens with one attached hydrogen (secondary N) is 1. The van der Waals surface area contributed by atoms with E-state index < -0.39 is 11.8 Å². The topological polar surface area (TPSA) is 69.6 Å². The average Bonchev–Trinajstić information content (AvgIpc) is 2.86. The highest BCUT2D eigenvalue weighted by Gasteiger charge is 2.29. The van der Waals surface area contributed by atoms with Gasteiger partial charge in [-0.05, 0) is 43.5 Å². The Kier molecular flexibility index (Phi) is 5.42. The molecule has 120 valence electrons. The van der Waals surface area contributed by atoms with Crippen LogP contribution in [0.25, 0.3) is 0 Å². The molecule has 2 atom stereocenters. The van der Waals surface area contributed by atoms with Gasteiger partial charge in [0.1, 0.15) is 0 Å². The zero-order valence-electron chi connectivity index (χ0n) is 12.8. The lowest BCUT2D eigenvalue weighted by molar-refractivity contribution is -0.142. The fourth-order valence-corrected chi connectivity index (χ4v) is 3.01. The molecule has 0 radical (unpaired) electrons. The molecule has 2 amide bonds. The van der Waals surface area contributed by atoms with Gasteiger partial charge in [-0.3, -0.25) is 9.59 Å². The predicted octanol–water partition coefficient (Wildman–Crippen LogP) is 2.21. The van der Waals surface area contributed by atoms with E-state index in [2.05, 4.69) is 5.32 Å². The minimum Gasteiger partial charge on any atom is -0.393 e. The Morgan fingerprint density at radius 1 is 1.41 bits per heavy atom. The standard InChI is InChI=1S/C16H21ClN2O3/c1-10-8-12(17)6-7-13(10)18-15(21)16(22)19(2)9-11-4-3-5-14(11)20/h6-8,11,14,20H,3-5,9H2,1-2H3,(H,18,21). The van der Waals surface area contributed by atoms with Crippen LogP contribution in [-0.4, -0.2) is 41.5 Å². The summed E-state index contributed by atoms with van der Waals surface area (Å²) in [5, 5.41) is 13.0. The molecule has 1 saturated carbocycles. The van der Waals surface area contributed by atoms with Crippen molar-refractivity contribution in [2.75, 3.05) is 18.9 Å². The SMILES string of the molecule is Cc1cc(Cl)ccc1NC(=O)C(=O)N(C)CC1CCCC1O. The van der Waals surface area contributed by atoms with Gasteiger partial charge in [0.2, 0.25) is 0 Å². The van der Waals surface area contributed by atoms with Crippen molar-refractivity contribution < 1.29 is 14.7 Å². The van der Waals surface area contributed by atoms with Crippen molar-refractivity contribution in [2.24, 2.45) is 5.92 Å².